The molecule has 0 atom stereocenters. The predicted octanol–water partition coefficient (Wildman–Crippen LogP) is 8.40. The highest BCUT2D eigenvalue weighted by Crippen LogP contribution is 2.52. The van der Waals surface area contributed by atoms with Crippen LogP contribution in [0, 0.1) is 13.8 Å². The summed E-state index contributed by atoms with van der Waals surface area (Å²) in [5.41, 5.74) is 1.87. The van der Waals surface area contributed by atoms with E-state index in [0.717, 1.165) is 11.1 Å². The number of rotatable bonds is 8. The van der Waals surface area contributed by atoms with Gasteiger partial charge in [-0.2, -0.15) is 0 Å². The molecule has 2 aromatic carbocycles. The molecule has 0 saturated heterocycles. The van der Waals surface area contributed by atoms with E-state index in [-0.39, 0.29) is 0 Å². The molecule has 0 heterocycles. The molecule has 0 fully saturated rings. The third-order valence-corrected chi connectivity index (χ3v) is 9.55. The predicted molar refractivity (Wildman–Crippen MR) is 140 cm³/mol. The minimum atomic E-state index is -2.81. The highest BCUT2D eigenvalue weighted by molar-refractivity contribution is 8.08. The van der Waals surface area contributed by atoms with E-state index in [1.807, 2.05) is 13.8 Å². The van der Waals surface area contributed by atoms with Gasteiger partial charge in [-0.05, 0) is 49.2 Å². The topological polar surface area (TPSA) is 55.4 Å². The number of aryl methyl sites for hydroxylation is 2. The largest absolute Gasteiger partial charge is 0.421 e. The molecular formula is C18H22Cl4O6P2S2. The fourth-order valence-corrected chi connectivity index (χ4v) is 5.52. The van der Waals surface area contributed by atoms with Crippen molar-refractivity contribution in [2.75, 3.05) is 28.4 Å². The average molecular weight is 602 g/mol. The molecular weight excluding hydrogens is 580 g/mol. The molecule has 180 valence electrons. The van der Waals surface area contributed by atoms with Crippen LogP contribution >= 0.6 is 59.8 Å². The lowest BCUT2D eigenvalue weighted by molar-refractivity contribution is 0.272. The van der Waals surface area contributed by atoms with Crippen molar-refractivity contribution >= 4 is 83.5 Å². The Kier molecular flexibility index (Phi) is 12.8. The van der Waals surface area contributed by atoms with Crippen LogP contribution in [0.1, 0.15) is 11.1 Å². The van der Waals surface area contributed by atoms with E-state index in [2.05, 4.69) is 0 Å². The highest BCUT2D eigenvalue weighted by atomic mass is 35.5. The SMILES string of the molecule is COP(=S)(OC)Oc1c(Cl)cc(C)cc1Cl.COP(=S)(OC)Oc1c(Cl)cc(C)cc1Cl. The van der Waals surface area contributed by atoms with Crippen molar-refractivity contribution in [2.24, 2.45) is 0 Å². The fourth-order valence-electron chi connectivity index (χ4n) is 2.07. The van der Waals surface area contributed by atoms with Gasteiger partial charge in [0.15, 0.2) is 11.5 Å². The van der Waals surface area contributed by atoms with E-state index in [1.165, 1.54) is 28.4 Å². The van der Waals surface area contributed by atoms with Crippen molar-refractivity contribution in [3.8, 4) is 11.5 Å². The summed E-state index contributed by atoms with van der Waals surface area (Å²) >= 11 is 34.2. The van der Waals surface area contributed by atoms with Gasteiger partial charge in [-0.3, -0.25) is 0 Å². The molecule has 6 nitrogen and oxygen atoms in total. The second kappa shape index (κ2) is 13.4. The molecule has 2 aromatic rings. The Balaban J connectivity index is 0.000000320. The van der Waals surface area contributed by atoms with Crippen molar-refractivity contribution < 1.29 is 27.1 Å². The molecule has 0 unspecified atom stereocenters. The molecule has 14 heteroatoms. The number of hydrogen-bond acceptors (Lipinski definition) is 8. The average Bonchev–Trinajstić information content (AvgIpc) is 2.73. The molecule has 0 saturated carbocycles. The Labute approximate surface area is 218 Å². The summed E-state index contributed by atoms with van der Waals surface area (Å²) < 4.78 is 30.9. The van der Waals surface area contributed by atoms with Gasteiger partial charge in [0.1, 0.15) is 0 Å². The summed E-state index contributed by atoms with van der Waals surface area (Å²) in [6.45, 7) is -1.86. The van der Waals surface area contributed by atoms with Gasteiger partial charge in [-0.25, -0.2) is 0 Å². The lowest BCUT2D eigenvalue weighted by Crippen LogP contribution is -1.98. The molecule has 0 amide bonds. The Morgan fingerprint density at radius 1 is 0.562 bits per heavy atom. The first kappa shape index (κ1) is 30.4. The van der Waals surface area contributed by atoms with Gasteiger partial charge in [0, 0.05) is 52.1 Å². The summed E-state index contributed by atoms with van der Waals surface area (Å²) in [6.07, 6.45) is 0. The van der Waals surface area contributed by atoms with Gasteiger partial charge in [-0.15, -0.1) is 0 Å². The minimum absolute atomic E-state index is 0.293. The molecule has 0 aliphatic heterocycles. The Hall–Kier alpha value is 0.340. The summed E-state index contributed by atoms with van der Waals surface area (Å²) in [7, 11) is 5.67. The van der Waals surface area contributed by atoms with Crippen LogP contribution in [0.25, 0.3) is 0 Å². The summed E-state index contributed by atoms with van der Waals surface area (Å²) in [5, 5.41) is 1.53. The number of halogens is 4. The first-order valence-corrected chi connectivity index (χ1v) is 15.2. The first-order chi connectivity index (χ1) is 14.8. The molecule has 0 aliphatic carbocycles. The van der Waals surface area contributed by atoms with Crippen LogP contribution in [0.15, 0.2) is 24.3 Å². The normalized spacial score (nSPS) is 11.6. The number of benzene rings is 2. The van der Waals surface area contributed by atoms with Gasteiger partial charge in [-0.1, -0.05) is 46.4 Å². The van der Waals surface area contributed by atoms with Gasteiger partial charge in [0.2, 0.25) is 0 Å². The van der Waals surface area contributed by atoms with E-state index in [4.69, 9.17) is 97.2 Å². The molecule has 0 spiro atoms. The second-order valence-electron chi connectivity index (χ2n) is 5.92. The van der Waals surface area contributed by atoms with Crippen LogP contribution < -0.4 is 9.05 Å². The standard InChI is InChI=1S/2C9H11Cl2O3PS/c2*1-6-4-7(10)9(8(11)5-6)14-15(16,12-2)13-3/h2*4-5H,1-3H3. The highest BCUT2D eigenvalue weighted by Gasteiger charge is 2.23. The van der Waals surface area contributed by atoms with Crippen molar-refractivity contribution in [3.05, 3.63) is 55.5 Å². The van der Waals surface area contributed by atoms with Crippen molar-refractivity contribution in [2.45, 2.75) is 13.8 Å². The van der Waals surface area contributed by atoms with E-state index < -0.39 is 13.4 Å². The van der Waals surface area contributed by atoms with Crippen molar-refractivity contribution in [3.63, 3.8) is 0 Å². The van der Waals surface area contributed by atoms with Crippen LogP contribution in [-0.2, 0) is 41.7 Å². The lowest BCUT2D eigenvalue weighted by atomic mass is 10.2. The smallest absolute Gasteiger partial charge is 0.380 e. The van der Waals surface area contributed by atoms with Crippen LogP contribution in [0.2, 0.25) is 20.1 Å². The van der Waals surface area contributed by atoms with Crippen LogP contribution in [0.4, 0.5) is 0 Å². The number of hydrogen-bond donors (Lipinski definition) is 0. The van der Waals surface area contributed by atoms with Gasteiger partial charge < -0.3 is 27.1 Å². The first-order valence-electron chi connectivity index (χ1n) is 8.57. The monoisotopic (exact) mass is 600 g/mol. The summed E-state index contributed by atoms with van der Waals surface area (Å²) in [5.74, 6) is 0.585. The molecule has 2 rings (SSSR count). The minimum Gasteiger partial charge on any atom is -0.421 e. The maximum absolute atomic E-state index is 6.01. The third kappa shape index (κ3) is 8.84. The van der Waals surface area contributed by atoms with Gasteiger partial charge >= 0.3 is 13.4 Å². The third-order valence-electron chi connectivity index (χ3n) is 3.59. The van der Waals surface area contributed by atoms with E-state index in [1.54, 1.807) is 24.3 Å². The van der Waals surface area contributed by atoms with Crippen LogP contribution in [-0.4, -0.2) is 28.4 Å². The summed E-state index contributed by atoms with van der Waals surface area (Å²) in [4.78, 5) is 0. The van der Waals surface area contributed by atoms with Gasteiger partial charge in [0.25, 0.3) is 0 Å². The van der Waals surface area contributed by atoms with Crippen molar-refractivity contribution in [1.29, 1.82) is 0 Å². The zero-order valence-corrected chi connectivity index (χ0v) is 24.4. The zero-order chi connectivity index (χ0) is 24.7. The second-order valence-corrected chi connectivity index (χ2v) is 13.8. The molecule has 32 heavy (non-hydrogen) atoms. The van der Waals surface area contributed by atoms with Gasteiger partial charge in [0.05, 0.1) is 20.1 Å². The van der Waals surface area contributed by atoms with E-state index in [9.17, 15) is 0 Å². The fraction of sp³-hybridized carbons (Fsp3) is 0.333. The lowest BCUT2D eigenvalue weighted by Gasteiger charge is -2.19. The van der Waals surface area contributed by atoms with E-state index >= 15 is 0 Å². The Morgan fingerprint density at radius 3 is 0.969 bits per heavy atom. The van der Waals surface area contributed by atoms with E-state index in [0.29, 0.717) is 31.6 Å². The Bertz CT molecular complexity index is 897. The molecule has 0 aliphatic rings. The van der Waals surface area contributed by atoms with Crippen molar-refractivity contribution in [1.82, 2.24) is 0 Å². The molecule has 0 radical (unpaired) electrons. The zero-order valence-electron chi connectivity index (χ0n) is 18.0. The maximum atomic E-state index is 6.01. The quantitative estimate of drug-likeness (QED) is 0.280. The van der Waals surface area contributed by atoms with Crippen LogP contribution in [0.5, 0.6) is 11.5 Å². The maximum Gasteiger partial charge on any atom is 0.380 e. The van der Waals surface area contributed by atoms with Crippen LogP contribution in [0.3, 0.4) is 0 Å². The molecule has 0 N–H and O–H groups in total. The molecule has 0 aromatic heterocycles. The Morgan fingerprint density at radius 2 is 0.781 bits per heavy atom. The molecule has 0 bridgehead atoms. The summed E-state index contributed by atoms with van der Waals surface area (Å²) in [6, 6.07) is 6.92.